The molecule has 222 valence electrons. The van der Waals surface area contributed by atoms with Crippen molar-refractivity contribution in [2.75, 3.05) is 12.3 Å². The van der Waals surface area contributed by atoms with Crippen molar-refractivity contribution in [3.8, 4) is 0 Å². The Balaban J connectivity index is 1.55. The van der Waals surface area contributed by atoms with Gasteiger partial charge in [-0.1, -0.05) is 5.11 Å². The number of phosphoric ester groups is 1. The third-order valence-corrected chi connectivity index (χ3v) is 9.72. The zero-order valence-electron chi connectivity index (χ0n) is 20.0. The van der Waals surface area contributed by atoms with Gasteiger partial charge in [-0.15, -0.1) is 11.3 Å². The summed E-state index contributed by atoms with van der Waals surface area (Å²) < 4.78 is 59.6. The van der Waals surface area contributed by atoms with Crippen molar-refractivity contribution in [2.45, 2.75) is 31.4 Å². The second-order valence-corrected chi connectivity index (χ2v) is 13.1. The van der Waals surface area contributed by atoms with Gasteiger partial charge in [-0.25, -0.2) is 38.4 Å². The second-order valence-electron chi connectivity index (χ2n) is 7.80. The minimum atomic E-state index is -5.77. The molecule has 4 heterocycles. The van der Waals surface area contributed by atoms with Crippen molar-refractivity contribution < 1.29 is 60.7 Å². The van der Waals surface area contributed by atoms with Gasteiger partial charge < -0.3 is 34.8 Å². The third-order valence-electron chi connectivity index (χ3n) is 5.06. The first kappa shape index (κ1) is 31.1. The van der Waals surface area contributed by atoms with Gasteiger partial charge in [-0.3, -0.25) is 9.09 Å². The molecular weight excluding hydrogens is 639 g/mol. The topological polar surface area (TPSA) is 327 Å². The number of azide groups is 1. The van der Waals surface area contributed by atoms with Crippen LogP contribution in [0.3, 0.4) is 0 Å². The van der Waals surface area contributed by atoms with Crippen molar-refractivity contribution in [2.24, 2.45) is 5.11 Å². The molecule has 1 saturated heterocycles. The fraction of sp³-hybridized carbons (Fsp3) is 0.400. The lowest BCUT2D eigenvalue weighted by Gasteiger charge is -2.21. The number of nitrogens with zero attached hydrogens (tertiary/aromatic N) is 8. The Bertz CT molecular complexity index is 1640. The van der Waals surface area contributed by atoms with E-state index < -0.39 is 54.5 Å². The fourth-order valence-electron chi connectivity index (χ4n) is 3.53. The number of phosphoric acid groups is 3. The summed E-state index contributed by atoms with van der Waals surface area (Å²) in [6, 6.07) is 0. The highest BCUT2D eigenvalue weighted by Crippen LogP contribution is 2.66. The van der Waals surface area contributed by atoms with E-state index in [4.69, 9.17) is 30.5 Å². The summed E-state index contributed by atoms with van der Waals surface area (Å²) in [5.74, 6) is -0.841. The number of aromatic nitrogens is 5. The average molecular weight is 657 g/mol. The number of hydrogen-bond donors (Lipinski definition) is 5. The van der Waals surface area contributed by atoms with Crippen molar-refractivity contribution in [1.82, 2.24) is 24.5 Å². The lowest BCUT2D eigenvalue weighted by Crippen LogP contribution is -2.31. The van der Waals surface area contributed by atoms with Crippen LogP contribution in [0.15, 0.2) is 23.3 Å². The number of ether oxygens (including phenoxy) is 2. The molecule has 4 rings (SSSR count). The zero-order valence-corrected chi connectivity index (χ0v) is 23.5. The molecule has 0 saturated carbocycles. The summed E-state index contributed by atoms with van der Waals surface area (Å²) in [5, 5.41) is 3.36. The van der Waals surface area contributed by atoms with Gasteiger partial charge in [0.1, 0.15) is 35.2 Å². The van der Waals surface area contributed by atoms with Crippen LogP contribution in [0.1, 0.15) is 28.0 Å². The van der Waals surface area contributed by atoms with Gasteiger partial charge in [0.25, 0.3) is 0 Å². The molecule has 1 fully saturated rings. The van der Waals surface area contributed by atoms with E-state index in [1.165, 1.54) is 22.7 Å². The molecule has 3 aromatic rings. The molecular formula is C15H18N9O13P3S. The normalized spacial score (nSPS) is 22.1. The van der Waals surface area contributed by atoms with E-state index in [9.17, 15) is 28.3 Å². The number of esters is 1. The lowest BCUT2D eigenvalue weighted by molar-refractivity contribution is -0.0489. The molecule has 0 aromatic carbocycles. The number of fused-ring (bicyclic) bond motifs is 1. The van der Waals surface area contributed by atoms with Crippen LogP contribution < -0.4 is 5.73 Å². The monoisotopic (exact) mass is 657 g/mol. The summed E-state index contributed by atoms with van der Waals surface area (Å²) in [6.45, 7) is -1.15. The van der Waals surface area contributed by atoms with E-state index >= 15 is 0 Å². The maximum absolute atomic E-state index is 12.9. The van der Waals surface area contributed by atoms with Gasteiger partial charge in [0.2, 0.25) is 0 Å². The van der Waals surface area contributed by atoms with Crippen molar-refractivity contribution >= 4 is 57.8 Å². The molecule has 0 amide bonds. The average Bonchev–Trinajstić information content (AvgIpc) is 3.58. The second kappa shape index (κ2) is 12.2. The van der Waals surface area contributed by atoms with Crippen molar-refractivity contribution in [1.29, 1.82) is 0 Å². The van der Waals surface area contributed by atoms with Crippen LogP contribution in [0.4, 0.5) is 5.82 Å². The largest absolute Gasteiger partial charge is 0.490 e. The molecule has 6 N–H and O–H groups in total. The highest BCUT2D eigenvalue weighted by Gasteiger charge is 2.44. The Labute approximate surface area is 231 Å². The number of nitrogen functional groups attached to an aromatic ring is 1. The highest BCUT2D eigenvalue weighted by molar-refractivity contribution is 7.66. The third kappa shape index (κ3) is 7.91. The Hall–Kier alpha value is -2.87. The maximum Gasteiger partial charge on any atom is 0.490 e. The minimum Gasteiger partial charge on any atom is -0.455 e. The predicted octanol–water partition coefficient (Wildman–Crippen LogP) is 1.53. The molecule has 22 nitrogen and oxygen atoms in total. The van der Waals surface area contributed by atoms with Crippen molar-refractivity contribution in [3.63, 3.8) is 0 Å². The Morgan fingerprint density at radius 3 is 2.66 bits per heavy atom. The first-order valence-electron chi connectivity index (χ1n) is 10.7. The number of carbonyl (C=O) groups is 1. The molecule has 1 aliphatic heterocycles. The van der Waals surface area contributed by atoms with Crippen molar-refractivity contribution in [3.05, 3.63) is 39.2 Å². The molecule has 41 heavy (non-hydrogen) atoms. The number of hydrogen-bond acceptors (Lipinski definition) is 16. The number of imidazole rings is 1. The highest BCUT2D eigenvalue weighted by atomic mass is 32.1. The molecule has 0 aliphatic carbocycles. The summed E-state index contributed by atoms with van der Waals surface area (Å²) in [4.78, 5) is 68.1. The van der Waals surface area contributed by atoms with Crippen LogP contribution in [-0.2, 0) is 42.9 Å². The quantitative estimate of drug-likeness (QED) is 0.0606. The van der Waals surface area contributed by atoms with E-state index in [-0.39, 0.29) is 40.5 Å². The van der Waals surface area contributed by atoms with Crippen LogP contribution in [0.2, 0.25) is 0 Å². The lowest BCUT2D eigenvalue weighted by atomic mass is 10.2. The first-order chi connectivity index (χ1) is 19.2. The summed E-state index contributed by atoms with van der Waals surface area (Å²) in [5.41, 5.74) is 16.3. The van der Waals surface area contributed by atoms with Crippen LogP contribution in [0.5, 0.6) is 0 Å². The predicted molar refractivity (Wildman–Crippen MR) is 132 cm³/mol. The molecule has 3 unspecified atom stereocenters. The van der Waals surface area contributed by atoms with Gasteiger partial charge >= 0.3 is 29.4 Å². The summed E-state index contributed by atoms with van der Waals surface area (Å²) in [6.07, 6.45) is -1.12. The van der Waals surface area contributed by atoms with Gasteiger partial charge in [0.15, 0.2) is 11.5 Å². The zero-order chi connectivity index (χ0) is 30.0. The van der Waals surface area contributed by atoms with E-state index in [1.54, 1.807) is 0 Å². The smallest absolute Gasteiger partial charge is 0.455 e. The van der Waals surface area contributed by atoms with E-state index in [0.29, 0.717) is 0 Å². The minimum absolute atomic E-state index is 0.00100. The molecule has 0 bridgehead atoms. The number of anilines is 1. The molecule has 0 spiro atoms. The molecule has 26 heteroatoms. The number of nitrogens with two attached hydrogens (primary N) is 1. The molecule has 0 radical (unpaired) electrons. The van der Waals surface area contributed by atoms with Crippen LogP contribution in [-0.4, -0.2) is 68.9 Å². The summed E-state index contributed by atoms with van der Waals surface area (Å²) in [7, 11) is -16.9. The number of rotatable bonds is 12. The summed E-state index contributed by atoms with van der Waals surface area (Å²) >= 11 is 0.895. The molecule has 1 aliphatic rings. The van der Waals surface area contributed by atoms with E-state index in [0.717, 1.165) is 11.3 Å². The Morgan fingerprint density at radius 1 is 1.20 bits per heavy atom. The standard InChI is InChI=1S/C15H18N9O13P3S/c16-13-11-14(19-4-18-13)24(5-20-11)10-1-8(35-15(25)12-7(2-22-23-17)21-6-41-12)9(34-10)3-33-39(29,30)37-40(31,32)36-38(26,27)28/h4-6,8-10H,1-3H2,(H,29,30)(H,31,32)(H2,16,18,19)(H2,26,27,28)/t8?,9-,10-/m1/s1. The van der Waals surface area contributed by atoms with E-state index in [1.807, 2.05) is 0 Å². The van der Waals surface area contributed by atoms with Gasteiger partial charge in [-0.2, -0.15) is 8.62 Å². The Kier molecular flexibility index (Phi) is 9.22. The number of carbonyl (C=O) groups excluding carboxylic acids is 1. The maximum atomic E-state index is 12.9. The molecule has 3 aromatic heterocycles. The first-order valence-corrected chi connectivity index (χ1v) is 16.1. The SMILES string of the molecule is [N-]=[N+]=NCc1ncsc1C(=O)OC1C[C@H](n2cnc3c(N)ncnc32)O[C@@H]1COP(=O)(O)OP(=O)(O)OP(=O)(O)O. The van der Waals surface area contributed by atoms with Crippen LogP contribution in [0, 0.1) is 0 Å². The molecule has 5 atom stereocenters. The van der Waals surface area contributed by atoms with Gasteiger partial charge in [0.05, 0.1) is 30.7 Å². The number of thiazole rings is 1. The van der Waals surface area contributed by atoms with E-state index in [2.05, 4.69) is 43.1 Å². The fourth-order valence-corrected chi connectivity index (χ4v) is 7.25. The Morgan fingerprint density at radius 2 is 1.95 bits per heavy atom. The van der Waals surface area contributed by atoms with Crippen LogP contribution >= 0.6 is 34.8 Å². The van der Waals surface area contributed by atoms with Gasteiger partial charge in [0, 0.05) is 11.3 Å². The van der Waals surface area contributed by atoms with Gasteiger partial charge in [-0.05, 0) is 5.53 Å². The van der Waals surface area contributed by atoms with Crippen LogP contribution in [0.25, 0.3) is 21.6 Å².